The maximum absolute atomic E-state index is 12.9. The van der Waals surface area contributed by atoms with E-state index in [4.69, 9.17) is 5.11 Å². The molecule has 112 valence electrons. The zero-order valence-corrected chi connectivity index (χ0v) is 10.8. The van der Waals surface area contributed by atoms with E-state index in [1.807, 2.05) is 0 Å². The second-order valence-electron chi connectivity index (χ2n) is 4.63. The van der Waals surface area contributed by atoms with E-state index in [2.05, 4.69) is 4.98 Å². The van der Waals surface area contributed by atoms with Crippen molar-refractivity contribution in [3.63, 3.8) is 0 Å². The van der Waals surface area contributed by atoms with E-state index in [-0.39, 0.29) is 5.56 Å². The van der Waals surface area contributed by atoms with Gasteiger partial charge in [0.05, 0.1) is 11.1 Å². The van der Waals surface area contributed by atoms with Crippen LogP contribution in [-0.4, -0.2) is 33.7 Å². The smallest absolute Gasteiger partial charge is 0.422 e. The molecule has 1 amide bonds. The molecule has 0 radical (unpaired) electrons. The van der Waals surface area contributed by atoms with Gasteiger partial charge in [0, 0.05) is 11.6 Å². The first-order valence-electron chi connectivity index (χ1n) is 5.85. The molecule has 5 nitrogen and oxygen atoms in total. The summed E-state index contributed by atoms with van der Waals surface area (Å²) < 4.78 is 38.6. The largest absolute Gasteiger partial charge is 0.479 e. The number of benzene rings is 1. The summed E-state index contributed by atoms with van der Waals surface area (Å²) >= 11 is 0. The first-order chi connectivity index (χ1) is 9.67. The average Bonchev–Trinajstić information content (AvgIpc) is 2.84. The van der Waals surface area contributed by atoms with Crippen LogP contribution in [-0.2, 0) is 4.79 Å². The van der Waals surface area contributed by atoms with E-state index in [9.17, 15) is 22.8 Å². The molecule has 2 aromatic rings. The number of aromatic nitrogens is 1. The number of aliphatic carboxylic acids is 1. The summed E-state index contributed by atoms with van der Waals surface area (Å²) in [6, 6.07) is 6.12. The predicted molar refractivity (Wildman–Crippen MR) is 67.9 cm³/mol. The number of H-pyrrole nitrogens is 1. The third-order valence-electron chi connectivity index (χ3n) is 3.19. The van der Waals surface area contributed by atoms with Gasteiger partial charge in [-0.1, -0.05) is 12.1 Å². The number of aromatic amines is 1. The summed E-state index contributed by atoms with van der Waals surface area (Å²) in [6.45, 7) is 0.405. The summed E-state index contributed by atoms with van der Waals surface area (Å²) in [5, 5.41) is 11.0. The van der Waals surface area contributed by atoms with Gasteiger partial charge >= 0.3 is 12.1 Å². The monoisotopic (exact) mass is 300 g/mol. The van der Waals surface area contributed by atoms with Crippen LogP contribution < -0.4 is 5.32 Å². The molecule has 0 aliphatic heterocycles. The number of para-hydroxylation sites is 1. The molecule has 1 heterocycles. The van der Waals surface area contributed by atoms with Gasteiger partial charge in [-0.15, -0.1) is 0 Å². The van der Waals surface area contributed by atoms with Crippen LogP contribution >= 0.6 is 0 Å². The van der Waals surface area contributed by atoms with E-state index in [1.165, 1.54) is 18.3 Å². The number of carbonyl (C=O) groups excluding carboxylic acids is 1. The third-order valence-corrected chi connectivity index (χ3v) is 3.19. The third kappa shape index (κ3) is 2.44. The van der Waals surface area contributed by atoms with E-state index >= 15 is 0 Å². The number of amides is 1. The molecule has 1 aromatic carbocycles. The van der Waals surface area contributed by atoms with Crippen molar-refractivity contribution in [2.75, 3.05) is 0 Å². The standard InChI is InChI=1S/C13H11F3N2O3/c1-12(11(20)21,13(14,15)16)18-10(19)8-4-2-3-7-5-6-17-9(7)8/h2-6,17H,1H3,(H,18,19)(H,20,21). The summed E-state index contributed by atoms with van der Waals surface area (Å²) in [7, 11) is 0. The SMILES string of the molecule is CC(NC(=O)c1cccc2cc[nH]c12)(C(=O)O)C(F)(F)F. The Hall–Kier alpha value is -2.51. The molecule has 0 saturated heterocycles. The second kappa shape index (κ2) is 4.80. The van der Waals surface area contributed by atoms with Crippen LogP contribution in [0.15, 0.2) is 30.5 Å². The fourth-order valence-corrected chi connectivity index (χ4v) is 1.81. The van der Waals surface area contributed by atoms with Crippen LogP contribution in [0.25, 0.3) is 10.9 Å². The number of fused-ring (bicyclic) bond motifs is 1. The maximum Gasteiger partial charge on any atom is 0.422 e. The summed E-state index contributed by atoms with van der Waals surface area (Å²) in [5.41, 5.74) is -3.09. The molecule has 0 fully saturated rings. The number of rotatable bonds is 3. The topological polar surface area (TPSA) is 82.2 Å². The highest BCUT2D eigenvalue weighted by molar-refractivity contribution is 6.07. The van der Waals surface area contributed by atoms with Gasteiger partial charge in [0.25, 0.3) is 5.91 Å². The Morgan fingerprint density at radius 1 is 1.24 bits per heavy atom. The number of hydrogen-bond donors (Lipinski definition) is 3. The molecular formula is C13H11F3N2O3. The van der Waals surface area contributed by atoms with Crippen molar-refractivity contribution in [1.82, 2.24) is 10.3 Å². The van der Waals surface area contributed by atoms with Gasteiger partial charge in [0.15, 0.2) is 0 Å². The average molecular weight is 300 g/mol. The first kappa shape index (κ1) is 14.9. The molecule has 1 unspecified atom stereocenters. The van der Waals surface area contributed by atoms with Gasteiger partial charge in [-0.3, -0.25) is 4.79 Å². The minimum atomic E-state index is -5.13. The summed E-state index contributed by atoms with van der Waals surface area (Å²) in [4.78, 5) is 25.7. The Kier molecular flexibility index (Phi) is 3.40. The van der Waals surface area contributed by atoms with E-state index in [1.54, 1.807) is 17.4 Å². The highest BCUT2D eigenvalue weighted by Gasteiger charge is 2.58. The molecule has 1 aromatic heterocycles. The lowest BCUT2D eigenvalue weighted by Crippen LogP contribution is -2.61. The van der Waals surface area contributed by atoms with Crippen LogP contribution in [0.5, 0.6) is 0 Å². The van der Waals surface area contributed by atoms with E-state index in [0.717, 1.165) is 0 Å². The van der Waals surface area contributed by atoms with Gasteiger partial charge in [-0.25, -0.2) is 4.79 Å². The minimum Gasteiger partial charge on any atom is -0.479 e. The molecule has 0 saturated carbocycles. The zero-order valence-electron chi connectivity index (χ0n) is 10.8. The van der Waals surface area contributed by atoms with Crippen LogP contribution in [0.2, 0.25) is 0 Å². The summed E-state index contributed by atoms with van der Waals surface area (Å²) in [6.07, 6.45) is -3.60. The quantitative estimate of drug-likeness (QED) is 0.813. The van der Waals surface area contributed by atoms with Crippen LogP contribution in [0, 0.1) is 0 Å². The number of alkyl halides is 3. The number of hydrogen-bond acceptors (Lipinski definition) is 2. The molecule has 21 heavy (non-hydrogen) atoms. The number of carboxylic acids is 1. The zero-order chi connectivity index (χ0) is 15.8. The maximum atomic E-state index is 12.9. The predicted octanol–water partition coefficient (Wildman–Crippen LogP) is 2.30. The van der Waals surface area contributed by atoms with Gasteiger partial charge in [-0.2, -0.15) is 13.2 Å². The number of nitrogens with one attached hydrogen (secondary N) is 2. The minimum absolute atomic E-state index is 0.0609. The molecule has 2 rings (SSSR count). The highest BCUT2D eigenvalue weighted by Crippen LogP contribution is 2.31. The van der Waals surface area contributed by atoms with Crippen molar-refractivity contribution in [3.8, 4) is 0 Å². The fourth-order valence-electron chi connectivity index (χ4n) is 1.81. The van der Waals surface area contributed by atoms with Gasteiger partial charge in [-0.05, 0) is 19.1 Å². The lowest BCUT2D eigenvalue weighted by Gasteiger charge is -2.28. The Bertz CT molecular complexity index is 708. The van der Waals surface area contributed by atoms with Crippen molar-refractivity contribution in [1.29, 1.82) is 0 Å². The Morgan fingerprint density at radius 2 is 1.90 bits per heavy atom. The van der Waals surface area contributed by atoms with Crippen LogP contribution in [0.4, 0.5) is 13.2 Å². The highest BCUT2D eigenvalue weighted by atomic mass is 19.4. The van der Waals surface area contributed by atoms with Crippen molar-refractivity contribution in [2.24, 2.45) is 0 Å². The van der Waals surface area contributed by atoms with Crippen molar-refractivity contribution >= 4 is 22.8 Å². The molecule has 0 bridgehead atoms. The molecule has 0 aliphatic carbocycles. The summed E-state index contributed by atoms with van der Waals surface area (Å²) in [5.74, 6) is -3.30. The number of halogens is 3. The van der Waals surface area contributed by atoms with Crippen LogP contribution in [0.3, 0.4) is 0 Å². The normalized spacial score (nSPS) is 14.7. The lowest BCUT2D eigenvalue weighted by molar-refractivity contribution is -0.203. The molecule has 0 spiro atoms. The Morgan fingerprint density at radius 3 is 2.48 bits per heavy atom. The van der Waals surface area contributed by atoms with E-state index in [0.29, 0.717) is 17.8 Å². The van der Waals surface area contributed by atoms with Crippen molar-refractivity contribution in [2.45, 2.75) is 18.6 Å². The molecule has 1 atom stereocenters. The van der Waals surface area contributed by atoms with Gasteiger partial charge < -0.3 is 15.4 Å². The Labute approximate surface area is 116 Å². The fraction of sp³-hybridized carbons (Fsp3) is 0.231. The Balaban J connectivity index is 2.41. The number of carbonyl (C=O) groups is 2. The van der Waals surface area contributed by atoms with Gasteiger partial charge in [0.1, 0.15) is 0 Å². The van der Waals surface area contributed by atoms with Crippen LogP contribution in [0.1, 0.15) is 17.3 Å². The van der Waals surface area contributed by atoms with Gasteiger partial charge in [0.2, 0.25) is 5.54 Å². The molecule has 8 heteroatoms. The first-order valence-corrected chi connectivity index (χ1v) is 5.85. The van der Waals surface area contributed by atoms with Crippen molar-refractivity contribution < 1.29 is 27.9 Å². The van der Waals surface area contributed by atoms with E-state index < -0.39 is 23.6 Å². The number of carboxylic acid groups (broad SMARTS) is 1. The molecule has 0 aliphatic rings. The lowest BCUT2D eigenvalue weighted by atomic mass is 10.0. The molecule has 3 N–H and O–H groups in total. The van der Waals surface area contributed by atoms with Crippen molar-refractivity contribution in [3.05, 3.63) is 36.0 Å². The second-order valence-corrected chi connectivity index (χ2v) is 4.63. The molecular weight excluding hydrogens is 289 g/mol.